The van der Waals surface area contributed by atoms with Crippen molar-refractivity contribution in [2.45, 2.75) is 26.2 Å². The normalized spacial score (nSPS) is 10.9. The van der Waals surface area contributed by atoms with E-state index in [0.717, 1.165) is 18.4 Å². The molecule has 2 aromatic heterocycles. The van der Waals surface area contributed by atoms with Gasteiger partial charge in [-0.3, -0.25) is 19.4 Å². The average molecular weight is 574 g/mol. The monoisotopic (exact) mass is 573 g/mol. The van der Waals surface area contributed by atoms with Crippen molar-refractivity contribution >= 4 is 40.9 Å². The Labute approximate surface area is 246 Å². The highest BCUT2D eigenvalue weighted by Crippen LogP contribution is 2.19. The van der Waals surface area contributed by atoms with Gasteiger partial charge in [-0.1, -0.05) is 19.1 Å². The molecule has 3 rings (SSSR count). The van der Waals surface area contributed by atoms with Crippen molar-refractivity contribution in [3.8, 4) is 0 Å². The highest BCUT2D eigenvalue weighted by atomic mass is 16.2. The lowest BCUT2D eigenvalue weighted by Crippen LogP contribution is -2.26. The van der Waals surface area contributed by atoms with E-state index in [-0.39, 0.29) is 30.7 Å². The number of rotatable bonds is 16. The summed E-state index contributed by atoms with van der Waals surface area (Å²) in [4.78, 5) is 52.2. The summed E-state index contributed by atoms with van der Waals surface area (Å²) in [5.74, 6) is -0.0450. The molecule has 0 saturated heterocycles. The Morgan fingerprint density at radius 3 is 2.45 bits per heavy atom. The number of carbonyl (C=O) groups excluding carboxylic acids is 3. The maximum Gasteiger partial charge on any atom is 0.260 e. The van der Waals surface area contributed by atoms with Crippen molar-refractivity contribution in [2.24, 2.45) is 0 Å². The van der Waals surface area contributed by atoms with Gasteiger partial charge in [0.25, 0.3) is 5.91 Å². The number of benzene rings is 1. The van der Waals surface area contributed by atoms with Gasteiger partial charge in [0.1, 0.15) is 11.4 Å². The highest BCUT2D eigenvalue weighted by Gasteiger charge is 2.15. The van der Waals surface area contributed by atoms with Crippen LogP contribution in [0.1, 0.15) is 35.7 Å². The Morgan fingerprint density at radius 2 is 1.71 bits per heavy atom. The summed E-state index contributed by atoms with van der Waals surface area (Å²) < 4.78 is 0. The molecule has 5 N–H and O–H groups in total. The Morgan fingerprint density at radius 1 is 0.952 bits per heavy atom. The maximum absolute atomic E-state index is 13.2. The fourth-order valence-electron chi connectivity index (χ4n) is 3.70. The van der Waals surface area contributed by atoms with E-state index in [4.69, 9.17) is 0 Å². The van der Waals surface area contributed by atoms with Gasteiger partial charge in [0.2, 0.25) is 17.8 Å². The number of carbonyl (C=O) groups is 3. The first kappa shape index (κ1) is 31.7. The third-order valence-corrected chi connectivity index (χ3v) is 5.82. The van der Waals surface area contributed by atoms with Gasteiger partial charge < -0.3 is 31.5 Å². The molecule has 0 aliphatic rings. The maximum atomic E-state index is 13.2. The Balaban J connectivity index is 1.55. The van der Waals surface area contributed by atoms with Gasteiger partial charge in [-0.05, 0) is 62.8 Å². The van der Waals surface area contributed by atoms with E-state index < -0.39 is 0 Å². The van der Waals surface area contributed by atoms with Gasteiger partial charge in [-0.15, -0.1) is 0 Å². The zero-order valence-electron chi connectivity index (χ0n) is 24.3. The third-order valence-electron chi connectivity index (χ3n) is 5.82. The van der Waals surface area contributed by atoms with Crippen LogP contribution < -0.4 is 26.6 Å². The van der Waals surface area contributed by atoms with Crippen molar-refractivity contribution in [3.63, 3.8) is 0 Å². The molecule has 0 fully saturated rings. The second kappa shape index (κ2) is 17.1. The third kappa shape index (κ3) is 11.3. The molecule has 3 aromatic rings. The quantitative estimate of drug-likeness (QED) is 0.163. The number of nitrogens with zero attached hydrogens (tertiary/aromatic N) is 4. The van der Waals surface area contributed by atoms with E-state index in [1.54, 1.807) is 42.7 Å². The van der Waals surface area contributed by atoms with Crippen LogP contribution >= 0.6 is 0 Å². The van der Waals surface area contributed by atoms with E-state index in [2.05, 4.69) is 41.5 Å². The van der Waals surface area contributed by atoms with Crippen molar-refractivity contribution in [3.05, 3.63) is 78.3 Å². The number of nitrogens with one attached hydrogen (secondary N) is 5. The van der Waals surface area contributed by atoms with E-state index >= 15 is 0 Å². The number of hydrogen-bond donors (Lipinski definition) is 5. The van der Waals surface area contributed by atoms with Crippen LogP contribution in [0.5, 0.6) is 0 Å². The number of anilines is 4. The Hall–Kier alpha value is -4.84. The lowest BCUT2D eigenvalue weighted by molar-refractivity contribution is -0.117. The molecule has 2 heterocycles. The van der Waals surface area contributed by atoms with Crippen LogP contribution in [0.2, 0.25) is 0 Å². The summed E-state index contributed by atoms with van der Waals surface area (Å²) in [6.45, 7) is 4.15. The lowest BCUT2D eigenvalue weighted by Gasteiger charge is -2.13. The largest absolute Gasteiger partial charge is 0.369 e. The minimum absolute atomic E-state index is 0.108. The van der Waals surface area contributed by atoms with Crippen LogP contribution in [0.15, 0.2) is 67.1 Å². The zero-order valence-corrected chi connectivity index (χ0v) is 24.3. The molecule has 0 unspecified atom stereocenters. The van der Waals surface area contributed by atoms with Crippen molar-refractivity contribution in [1.29, 1.82) is 0 Å². The molecule has 0 atom stereocenters. The van der Waals surface area contributed by atoms with E-state index in [9.17, 15) is 14.4 Å². The second-order valence-corrected chi connectivity index (χ2v) is 9.70. The molecular weight excluding hydrogens is 534 g/mol. The second-order valence-electron chi connectivity index (χ2n) is 9.70. The topological polar surface area (TPSA) is 153 Å². The van der Waals surface area contributed by atoms with Gasteiger partial charge in [0.05, 0.1) is 0 Å². The number of amides is 3. The molecule has 0 aliphatic carbocycles. The summed E-state index contributed by atoms with van der Waals surface area (Å²) in [7, 11) is 3.82. The Kier molecular flexibility index (Phi) is 12.9. The molecule has 0 aliphatic heterocycles. The van der Waals surface area contributed by atoms with Crippen LogP contribution in [-0.2, 0) is 16.0 Å². The standard InChI is InChI=1S/C30H39N9O3/c1-4-14-33-28-25(21-35-30(38-28)34-17-12-22-10-15-31-16-11-22)29(42)37-24-8-5-7-23(20-24)36-27(41)13-18-32-26(40)9-6-19-39(2)3/h5-11,15-16,20-21H,4,12-14,17-19H2,1-3H3,(H,32,40)(H,36,41)(H,37,42)(H2,33,34,35,38)/b9-6+. The fourth-order valence-corrected chi connectivity index (χ4v) is 3.70. The summed E-state index contributed by atoms with van der Waals surface area (Å²) in [6, 6.07) is 10.7. The molecule has 12 nitrogen and oxygen atoms in total. The Bertz CT molecular complexity index is 1350. The first-order valence-corrected chi connectivity index (χ1v) is 13.9. The number of aromatic nitrogens is 3. The average Bonchev–Trinajstić information content (AvgIpc) is 2.96. The number of pyridine rings is 1. The molecule has 0 saturated carbocycles. The van der Waals surface area contributed by atoms with Crippen molar-refractivity contribution in [1.82, 2.24) is 25.2 Å². The molecule has 12 heteroatoms. The summed E-state index contributed by atoms with van der Waals surface area (Å²) in [5.41, 5.74) is 2.46. The first-order valence-electron chi connectivity index (χ1n) is 13.9. The van der Waals surface area contributed by atoms with Crippen LogP contribution in [0.25, 0.3) is 0 Å². The summed E-state index contributed by atoms with van der Waals surface area (Å²) in [5, 5.41) is 14.7. The first-order chi connectivity index (χ1) is 20.3. The predicted molar refractivity (Wildman–Crippen MR) is 166 cm³/mol. The number of likely N-dealkylation sites (N-methyl/N-ethyl adjacent to an activating group) is 1. The minimum atomic E-state index is -0.384. The van der Waals surface area contributed by atoms with Gasteiger partial charge in [0, 0.05) is 68.6 Å². The molecule has 1 aromatic carbocycles. The molecule has 0 radical (unpaired) electrons. The van der Waals surface area contributed by atoms with Gasteiger partial charge in [-0.2, -0.15) is 4.98 Å². The molecule has 0 bridgehead atoms. The lowest BCUT2D eigenvalue weighted by atomic mass is 10.2. The van der Waals surface area contributed by atoms with Crippen LogP contribution in [-0.4, -0.2) is 77.8 Å². The highest BCUT2D eigenvalue weighted by molar-refractivity contribution is 6.07. The van der Waals surface area contributed by atoms with E-state index in [0.29, 0.717) is 48.3 Å². The van der Waals surface area contributed by atoms with Crippen LogP contribution in [0, 0.1) is 0 Å². The van der Waals surface area contributed by atoms with E-state index in [1.165, 1.54) is 12.3 Å². The SMILES string of the molecule is CCCNc1nc(NCCc2ccncc2)ncc1C(=O)Nc1cccc(NC(=O)CCNC(=O)/C=C/CN(C)C)c1. The zero-order chi connectivity index (χ0) is 30.2. The minimum Gasteiger partial charge on any atom is -0.369 e. The van der Waals surface area contributed by atoms with Gasteiger partial charge in [0.15, 0.2) is 0 Å². The fraction of sp³-hybridized carbons (Fsp3) is 0.333. The van der Waals surface area contributed by atoms with Crippen LogP contribution in [0.3, 0.4) is 0 Å². The summed E-state index contributed by atoms with van der Waals surface area (Å²) >= 11 is 0. The molecular formula is C30H39N9O3. The van der Waals surface area contributed by atoms with Crippen LogP contribution in [0.4, 0.5) is 23.1 Å². The predicted octanol–water partition coefficient (Wildman–Crippen LogP) is 3.16. The molecule has 3 amide bonds. The van der Waals surface area contributed by atoms with Crippen molar-refractivity contribution < 1.29 is 14.4 Å². The molecule has 222 valence electrons. The molecule has 42 heavy (non-hydrogen) atoms. The summed E-state index contributed by atoms with van der Waals surface area (Å²) in [6.07, 6.45) is 9.94. The van der Waals surface area contributed by atoms with Gasteiger partial charge in [-0.25, -0.2) is 4.98 Å². The van der Waals surface area contributed by atoms with Crippen molar-refractivity contribution in [2.75, 3.05) is 61.5 Å². The molecule has 0 spiro atoms. The van der Waals surface area contributed by atoms with Gasteiger partial charge >= 0.3 is 0 Å². The smallest absolute Gasteiger partial charge is 0.260 e. The number of hydrogen-bond acceptors (Lipinski definition) is 9. The van der Waals surface area contributed by atoms with E-state index in [1.807, 2.05) is 38.1 Å².